The first kappa shape index (κ1) is 15.3. The summed E-state index contributed by atoms with van der Waals surface area (Å²) in [6.45, 7) is 8.01. The fourth-order valence-electron chi connectivity index (χ4n) is 2.55. The second kappa shape index (κ2) is 6.55. The predicted molar refractivity (Wildman–Crippen MR) is 83.9 cm³/mol. The van der Waals surface area contributed by atoms with Crippen molar-refractivity contribution in [2.45, 2.75) is 39.7 Å². The van der Waals surface area contributed by atoms with Crippen molar-refractivity contribution in [1.29, 1.82) is 0 Å². The largest absolute Gasteiger partial charge is 0.478 e. The maximum absolute atomic E-state index is 10.5. The molecular weight excluding hydrogens is 270 g/mol. The van der Waals surface area contributed by atoms with Crippen LogP contribution in [0.25, 0.3) is 6.08 Å². The third-order valence-corrected chi connectivity index (χ3v) is 5.40. The molecule has 110 valence electrons. The molecule has 0 aliphatic carbocycles. The van der Waals surface area contributed by atoms with E-state index >= 15 is 0 Å². The number of carbonyl (C=O) groups is 1. The van der Waals surface area contributed by atoms with Gasteiger partial charge in [0.1, 0.15) is 0 Å². The summed E-state index contributed by atoms with van der Waals surface area (Å²) in [6, 6.07) is 4.11. The summed E-state index contributed by atoms with van der Waals surface area (Å²) in [6.07, 6.45) is 6.69. The lowest BCUT2D eigenvalue weighted by molar-refractivity contribution is -0.131. The topological polar surface area (TPSA) is 40.5 Å². The summed E-state index contributed by atoms with van der Waals surface area (Å²) in [5.74, 6) is -0.894. The molecule has 0 radical (unpaired) electrons. The van der Waals surface area contributed by atoms with Gasteiger partial charge in [0.2, 0.25) is 0 Å². The van der Waals surface area contributed by atoms with Gasteiger partial charge in [0.05, 0.1) is 0 Å². The highest BCUT2D eigenvalue weighted by Gasteiger charge is 2.28. The molecule has 1 N–H and O–H groups in total. The number of carboxylic acids is 1. The smallest absolute Gasteiger partial charge is 0.328 e. The van der Waals surface area contributed by atoms with Crippen molar-refractivity contribution in [2.75, 3.05) is 13.1 Å². The quantitative estimate of drug-likeness (QED) is 0.838. The van der Waals surface area contributed by atoms with E-state index in [1.54, 1.807) is 17.4 Å². The molecule has 0 amide bonds. The van der Waals surface area contributed by atoms with Crippen molar-refractivity contribution in [3.05, 3.63) is 28.0 Å². The van der Waals surface area contributed by atoms with Crippen LogP contribution in [0.2, 0.25) is 0 Å². The summed E-state index contributed by atoms with van der Waals surface area (Å²) in [5.41, 5.74) is 0.529. The molecule has 1 aliphatic heterocycles. The van der Waals surface area contributed by atoms with Crippen molar-refractivity contribution < 1.29 is 9.90 Å². The van der Waals surface area contributed by atoms with Crippen molar-refractivity contribution >= 4 is 23.4 Å². The molecule has 1 fully saturated rings. The van der Waals surface area contributed by atoms with Gasteiger partial charge in [0, 0.05) is 22.4 Å². The lowest BCUT2D eigenvalue weighted by Crippen LogP contribution is -2.37. The molecule has 1 aromatic heterocycles. The zero-order valence-corrected chi connectivity index (χ0v) is 13.1. The zero-order valence-electron chi connectivity index (χ0n) is 12.3. The van der Waals surface area contributed by atoms with Crippen LogP contribution in [-0.4, -0.2) is 29.1 Å². The second-order valence-electron chi connectivity index (χ2n) is 5.92. The van der Waals surface area contributed by atoms with Crippen LogP contribution in [-0.2, 0) is 11.3 Å². The number of nitrogens with zero attached hydrogens (tertiary/aromatic N) is 1. The molecule has 0 bridgehead atoms. The van der Waals surface area contributed by atoms with Gasteiger partial charge in [-0.25, -0.2) is 4.79 Å². The Morgan fingerprint density at radius 1 is 1.45 bits per heavy atom. The minimum absolute atomic E-state index is 0.529. The zero-order chi connectivity index (χ0) is 14.6. The molecule has 0 spiro atoms. The van der Waals surface area contributed by atoms with E-state index < -0.39 is 5.97 Å². The molecule has 20 heavy (non-hydrogen) atoms. The van der Waals surface area contributed by atoms with Crippen LogP contribution < -0.4 is 0 Å². The first-order valence-electron chi connectivity index (χ1n) is 7.23. The van der Waals surface area contributed by atoms with E-state index in [2.05, 4.69) is 24.8 Å². The Kier molecular flexibility index (Phi) is 5.00. The number of carboxylic acid groups (broad SMARTS) is 1. The van der Waals surface area contributed by atoms with Crippen molar-refractivity contribution in [2.24, 2.45) is 5.41 Å². The van der Waals surface area contributed by atoms with Crippen LogP contribution in [0.1, 0.15) is 42.9 Å². The van der Waals surface area contributed by atoms with Crippen molar-refractivity contribution in [1.82, 2.24) is 4.90 Å². The maximum Gasteiger partial charge on any atom is 0.328 e. The monoisotopic (exact) mass is 293 g/mol. The van der Waals surface area contributed by atoms with E-state index in [0.29, 0.717) is 5.41 Å². The molecule has 2 heterocycles. The minimum atomic E-state index is -0.894. The van der Waals surface area contributed by atoms with Crippen LogP contribution in [0.3, 0.4) is 0 Å². The summed E-state index contributed by atoms with van der Waals surface area (Å²) in [5, 5.41) is 8.62. The Balaban J connectivity index is 1.87. The molecule has 4 heteroatoms. The minimum Gasteiger partial charge on any atom is -0.478 e. The Bertz CT molecular complexity index is 484. The molecule has 0 atom stereocenters. The van der Waals surface area contributed by atoms with E-state index in [1.165, 1.54) is 43.3 Å². The van der Waals surface area contributed by atoms with E-state index in [0.717, 1.165) is 11.4 Å². The third kappa shape index (κ3) is 4.18. The highest BCUT2D eigenvalue weighted by Crippen LogP contribution is 2.34. The van der Waals surface area contributed by atoms with Crippen LogP contribution in [0.4, 0.5) is 0 Å². The van der Waals surface area contributed by atoms with Gasteiger partial charge in [0.15, 0.2) is 0 Å². The highest BCUT2D eigenvalue weighted by atomic mass is 32.1. The molecule has 1 aromatic rings. The van der Waals surface area contributed by atoms with Gasteiger partial charge in [-0.1, -0.05) is 20.3 Å². The van der Waals surface area contributed by atoms with Crippen molar-refractivity contribution in [3.63, 3.8) is 0 Å². The lowest BCUT2D eigenvalue weighted by Gasteiger charge is -2.38. The Morgan fingerprint density at radius 2 is 2.15 bits per heavy atom. The maximum atomic E-state index is 10.5. The van der Waals surface area contributed by atoms with Gasteiger partial charge < -0.3 is 5.11 Å². The number of aliphatic carboxylic acids is 1. The van der Waals surface area contributed by atoms with Crippen molar-refractivity contribution in [3.8, 4) is 0 Å². The fraction of sp³-hybridized carbons (Fsp3) is 0.562. The first-order chi connectivity index (χ1) is 9.50. The number of hydrogen-bond acceptors (Lipinski definition) is 3. The van der Waals surface area contributed by atoms with Gasteiger partial charge in [-0.3, -0.25) is 4.90 Å². The second-order valence-corrected chi connectivity index (χ2v) is 7.12. The lowest BCUT2D eigenvalue weighted by atomic mass is 9.78. The molecule has 0 unspecified atom stereocenters. The number of likely N-dealkylation sites (tertiary alicyclic amines) is 1. The van der Waals surface area contributed by atoms with Gasteiger partial charge in [-0.05, 0) is 49.6 Å². The predicted octanol–water partition coefficient (Wildman–Crippen LogP) is 3.86. The SMILES string of the molecule is CCC1(C)CCN(Cc2ccc(C=CC(=O)O)s2)CC1. The van der Waals surface area contributed by atoms with Crippen LogP contribution >= 0.6 is 11.3 Å². The normalized spacial score (nSPS) is 19.5. The average Bonchev–Trinajstić information content (AvgIpc) is 2.87. The van der Waals surface area contributed by atoms with E-state index in [1.807, 2.05) is 6.07 Å². The van der Waals surface area contributed by atoms with Gasteiger partial charge in [-0.2, -0.15) is 0 Å². The first-order valence-corrected chi connectivity index (χ1v) is 8.04. The highest BCUT2D eigenvalue weighted by molar-refractivity contribution is 7.12. The summed E-state index contributed by atoms with van der Waals surface area (Å²) < 4.78 is 0. The molecule has 3 nitrogen and oxygen atoms in total. The van der Waals surface area contributed by atoms with Gasteiger partial charge in [-0.15, -0.1) is 11.3 Å². The van der Waals surface area contributed by atoms with E-state index in [9.17, 15) is 4.79 Å². The average molecular weight is 293 g/mol. The molecular formula is C16H23NO2S. The number of hydrogen-bond donors (Lipinski definition) is 1. The van der Waals surface area contributed by atoms with Crippen LogP contribution in [0.5, 0.6) is 0 Å². The molecule has 2 rings (SSSR count). The third-order valence-electron chi connectivity index (χ3n) is 4.37. The van der Waals surface area contributed by atoms with E-state index in [-0.39, 0.29) is 0 Å². The number of piperidine rings is 1. The standard InChI is InChI=1S/C16H23NO2S/c1-3-16(2)8-10-17(11-9-16)12-14-5-4-13(20-14)6-7-15(18)19/h4-7H,3,8-12H2,1-2H3,(H,18,19). The molecule has 0 saturated carbocycles. The van der Waals surface area contributed by atoms with Gasteiger partial charge >= 0.3 is 5.97 Å². The van der Waals surface area contributed by atoms with E-state index in [4.69, 9.17) is 5.11 Å². The summed E-state index contributed by atoms with van der Waals surface area (Å²) >= 11 is 1.68. The molecule has 1 aliphatic rings. The Labute approximate surface area is 124 Å². The summed E-state index contributed by atoms with van der Waals surface area (Å²) in [4.78, 5) is 15.3. The Hall–Kier alpha value is -1.13. The summed E-state index contributed by atoms with van der Waals surface area (Å²) in [7, 11) is 0. The number of thiophene rings is 1. The van der Waals surface area contributed by atoms with Crippen LogP contribution in [0, 0.1) is 5.41 Å². The van der Waals surface area contributed by atoms with Gasteiger partial charge in [0.25, 0.3) is 0 Å². The fourth-order valence-corrected chi connectivity index (χ4v) is 3.51. The molecule has 0 aromatic carbocycles. The number of rotatable bonds is 5. The Morgan fingerprint density at radius 3 is 2.75 bits per heavy atom. The molecule has 1 saturated heterocycles. The van der Waals surface area contributed by atoms with Crippen LogP contribution in [0.15, 0.2) is 18.2 Å².